The molecule has 1 aromatic carbocycles. The predicted octanol–water partition coefficient (Wildman–Crippen LogP) is 3.89. The van der Waals surface area contributed by atoms with Gasteiger partial charge in [-0.15, -0.1) is 0 Å². The summed E-state index contributed by atoms with van der Waals surface area (Å²) < 4.78 is 27.7. The van der Waals surface area contributed by atoms with Crippen LogP contribution in [0.15, 0.2) is 42.7 Å². The maximum Gasteiger partial charge on any atom is 0.252 e. The zero-order valence-electron chi connectivity index (χ0n) is 21.3. The molecule has 196 valence electrons. The summed E-state index contributed by atoms with van der Waals surface area (Å²) in [6.07, 6.45) is 5.36. The first-order chi connectivity index (χ1) is 17.8. The number of benzene rings is 1. The number of hydrogen-bond acceptors (Lipinski definition) is 7. The summed E-state index contributed by atoms with van der Waals surface area (Å²) >= 11 is 0. The number of rotatable bonds is 7. The van der Waals surface area contributed by atoms with Crippen LogP contribution >= 0.6 is 0 Å². The van der Waals surface area contributed by atoms with Gasteiger partial charge in [0.15, 0.2) is 0 Å². The number of aromatic nitrogens is 3. The highest BCUT2D eigenvalue weighted by atomic mass is 19.3. The SMILES string of the molecule is CN(C)c1ncc(C(CNC(=O)c2cccc3nc(N4CCCC4)ccc23)N2CCC(F)(F)CC2)cn1. The van der Waals surface area contributed by atoms with Crippen molar-refractivity contribution in [3.8, 4) is 0 Å². The number of anilines is 2. The molecular formula is C27H33F2N7O. The Morgan fingerprint density at radius 2 is 1.76 bits per heavy atom. The normalized spacial score (nSPS) is 18.6. The lowest BCUT2D eigenvalue weighted by Gasteiger charge is -2.37. The molecule has 1 N–H and O–H groups in total. The van der Waals surface area contributed by atoms with Gasteiger partial charge in [-0.3, -0.25) is 9.69 Å². The van der Waals surface area contributed by atoms with Gasteiger partial charge in [-0.25, -0.2) is 23.7 Å². The Kier molecular flexibility index (Phi) is 7.19. The van der Waals surface area contributed by atoms with E-state index in [1.165, 1.54) is 12.8 Å². The van der Waals surface area contributed by atoms with Gasteiger partial charge in [0.1, 0.15) is 5.82 Å². The Bertz CT molecular complexity index is 1240. The quantitative estimate of drug-likeness (QED) is 0.518. The molecular weight excluding hydrogens is 476 g/mol. The number of piperidine rings is 1. The van der Waals surface area contributed by atoms with Crippen molar-refractivity contribution in [2.24, 2.45) is 0 Å². The molecule has 2 aromatic heterocycles. The number of amides is 1. The average molecular weight is 510 g/mol. The number of hydrogen-bond donors (Lipinski definition) is 1. The van der Waals surface area contributed by atoms with Crippen LogP contribution in [0.2, 0.25) is 0 Å². The molecule has 3 aromatic rings. The molecule has 10 heteroatoms. The molecule has 1 atom stereocenters. The van der Waals surface area contributed by atoms with Crippen molar-refractivity contribution >= 4 is 28.6 Å². The van der Waals surface area contributed by atoms with Gasteiger partial charge in [0.2, 0.25) is 5.95 Å². The van der Waals surface area contributed by atoms with Crippen molar-refractivity contribution in [2.45, 2.75) is 37.6 Å². The van der Waals surface area contributed by atoms with Crippen molar-refractivity contribution in [3.05, 3.63) is 53.9 Å². The van der Waals surface area contributed by atoms with E-state index in [4.69, 9.17) is 4.98 Å². The number of fused-ring (bicyclic) bond motifs is 1. The standard InChI is InChI=1S/C27H33F2N7O/c1-34(2)26-31-16-19(17-32-26)23(35-14-10-27(28,29)11-15-35)18-30-25(37)21-6-5-7-22-20(21)8-9-24(33-22)36-12-3-4-13-36/h5-9,16-17,23H,3-4,10-15,18H2,1-2H3,(H,30,37). The third-order valence-corrected chi connectivity index (χ3v) is 7.26. The molecule has 2 aliphatic heterocycles. The summed E-state index contributed by atoms with van der Waals surface area (Å²) in [5.74, 6) is -1.38. The minimum atomic E-state index is -2.65. The predicted molar refractivity (Wildman–Crippen MR) is 140 cm³/mol. The maximum atomic E-state index is 13.9. The van der Waals surface area contributed by atoms with Gasteiger partial charge in [0, 0.05) is 88.6 Å². The highest BCUT2D eigenvalue weighted by Gasteiger charge is 2.37. The summed E-state index contributed by atoms with van der Waals surface area (Å²) in [5.41, 5.74) is 2.10. The smallest absolute Gasteiger partial charge is 0.252 e. The molecule has 1 amide bonds. The van der Waals surface area contributed by atoms with Crippen molar-refractivity contribution < 1.29 is 13.6 Å². The number of nitrogens with one attached hydrogen (secondary N) is 1. The van der Waals surface area contributed by atoms with Gasteiger partial charge >= 0.3 is 0 Å². The van der Waals surface area contributed by atoms with Crippen LogP contribution in [0.1, 0.15) is 47.6 Å². The fourth-order valence-corrected chi connectivity index (χ4v) is 5.10. The van der Waals surface area contributed by atoms with Gasteiger partial charge in [0.25, 0.3) is 11.8 Å². The molecule has 37 heavy (non-hydrogen) atoms. The molecule has 2 fully saturated rings. The Labute approximate surface area is 215 Å². The highest BCUT2D eigenvalue weighted by molar-refractivity contribution is 6.06. The zero-order chi connectivity index (χ0) is 26.0. The third-order valence-electron chi connectivity index (χ3n) is 7.26. The minimum Gasteiger partial charge on any atom is -0.357 e. The topological polar surface area (TPSA) is 77.5 Å². The Morgan fingerprint density at radius 1 is 1.05 bits per heavy atom. The fraction of sp³-hybridized carbons (Fsp3) is 0.481. The zero-order valence-corrected chi connectivity index (χ0v) is 21.3. The highest BCUT2D eigenvalue weighted by Crippen LogP contribution is 2.32. The Hall–Kier alpha value is -3.40. The second-order valence-electron chi connectivity index (χ2n) is 10.1. The van der Waals surface area contributed by atoms with Crippen LogP contribution in [0, 0.1) is 0 Å². The van der Waals surface area contributed by atoms with Crippen LogP contribution in [0.3, 0.4) is 0 Å². The summed E-state index contributed by atoms with van der Waals surface area (Å²) in [6.45, 7) is 2.73. The number of halogens is 2. The van der Waals surface area contributed by atoms with E-state index in [9.17, 15) is 13.6 Å². The van der Waals surface area contributed by atoms with E-state index in [-0.39, 0.29) is 44.4 Å². The minimum absolute atomic E-state index is 0.206. The largest absolute Gasteiger partial charge is 0.357 e. The number of likely N-dealkylation sites (tertiary alicyclic amines) is 1. The molecule has 0 radical (unpaired) electrons. The number of alkyl halides is 2. The number of carbonyl (C=O) groups excluding carboxylic acids is 1. The van der Waals surface area contributed by atoms with E-state index in [2.05, 4.69) is 20.2 Å². The van der Waals surface area contributed by atoms with E-state index in [0.29, 0.717) is 11.5 Å². The molecule has 0 spiro atoms. The van der Waals surface area contributed by atoms with Crippen LogP contribution in [0.4, 0.5) is 20.5 Å². The second-order valence-corrected chi connectivity index (χ2v) is 10.1. The maximum absolute atomic E-state index is 13.9. The van der Waals surface area contributed by atoms with E-state index >= 15 is 0 Å². The average Bonchev–Trinajstić information content (AvgIpc) is 3.44. The van der Waals surface area contributed by atoms with Crippen LogP contribution in [-0.2, 0) is 0 Å². The fourth-order valence-electron chi connectivity index (χ4n) is 5.10. The lowest BCUT2D eigenvalue weighted by atomic mass is 10.0. The molecule has 0 aliphatic carbocycles. The van der Waals surface area contributed by atoms with Crippen LogP contribution in [-0.4, -0.2) is 78.5 Å². The summed E-state index contributed by atoms with van der Waals surface area (Å²) in [6, 6.07) is 9.18. The molecule has 1 unspecified atom stereocenters. The first-order valence-electron chi connectivity index (χ1n) is 12.8. The van der Waals surface area contributed by atoms with Gasteiger partial charge < -0.3 is 15.1 Å². The van der Waals surface area contributed by atoms with Gasteiger partial charge in [0.05, 0.1) is 11.6 Å². The van der Waals surface area contributed by atoms with Crippen LogP contribution in [0.25, 0.3) is 10.9 Å². The molecule has 0 bridgehead atoms. The van der Waals surface area contributed by atoms with Crippen molar-refractivity contribution in [1.29, 1.82) is 0 Å². The number of carbonyl (C=O) groups is 1. The lowest BCUT2D eigenvalue weighted by molar-refractivity contribution is -0.0632. The van der Waals surface area contributed by atoms with Gasteiger partial charge in [-0.2, -0.15) is 0 Å². The Balaban J connectivity index is 1.35. The monoisotopic (exact) mass is 509 g/mol. The van der Waals surface area contributed by atoms with Gasteiger partial charge in [-0.1, -0.05) is 6.07 Å². The summed E-state index contributed by atoms with van der Waals surface area (Å²) in [5, 5.41) is 3.83. The molecule has 5 rings (SSSR count). The van der Waals surface area contributed by atoms with Crippen molar-refractivity contribution in [2.75, 3.05) is 56.6 Å². The van der Waals surface area contributed by atoms with E-state index in [1.54, 1.807) is 23.4 Å². The molecule has 8 nitrogen and oxygen atoms in total. The Morgan fingerprint density at radius 3 is 2.43 bits per heavy atom. The molecule has 0 saturated carbocycles. The third kappa shape index (κ3) is 5.64. The first-order valence-corrected chi connectivity index (χ1v) is 12.8. The molecule has 4 heterocycles. The molecule has 2 saturated heterocycles. The van der Waals surface area contributed by atoms with Crippen molar-refractivity contribution in [1.82, 2.24) is 25.2 Å². The van der Waals surface area contributed by atoms with Crippen molar-refractivity contribution in [3.63, 3.8) is 0 Å². The van der Waals surface area contributed by atoms with E-state index in [1.807, 2.05) is 43.3 Å². The van der Waals surface area contributed by atoms with E-state index in [0.717, 1.165) is 35.4 Å². The van der Waals surface area contributed by atoms with Gasteiger partial charge in [-0.05, 0) is 37.1 Å². The van der Waals surface area contributed by atoms with E-state index < -0.39 is 5.92 Å². The summed E-state index contributed by atoms with van der Waals surface area (Å²) in [4.78, 5) is 33.0. The lowest BCUT2D eigenvalue weighted by Crippen LogP contribution is -2.45. The van der Waals surface area contributed by atoms with Crippen LogP contribution < -0.4 is 15.1 Å². The first kappa shape index (κ1) is 25.3. The second kappa shape index (κ2) is 10.5. The number of nitrogens with zero attached hydrogens (tertiary/aromatic N) is 6. The summed E-state index contributed by atoms with van der Waals surface area (Å²) in [7, 11) is 3.71. The number of pyridine rings is 1. The van der Waals surface area contributed by atoms with Crippen LogP contribution in [0.5, 0.6) is 0 Å². The molecule has 2 aliphatic rings.